The molecule has 48 heavy (non-hydrogen) atoms. The van der Waals surface area contributed by atoms with Crippen LogP contribution in [-0.4, -0.2) is 103 Å². The van der Waals surface area contributed by atoms with Gasteiger partial charge in [-0.3, -0.25) is 9.59 Å². The van der Waals surface area contributed by atoms with E-state index in [1.54, 1.807) is 18.2 Å². The molecule has 11 nitrogen and oxygen atoms in total. The molecule has 1 saturated carbocycles. The van der Waals surface area contributed by atoms with Crippen LogP contribution in [0.25, 0.3) is 0 Å². The molecule has 1 aromatic rings. The summed E-state index contributed by atoms with van der Waals surface area (Å²) in [6, 6.07) is 0. The quantitative estimate of drug-likeness (QED) is 0.212. The monoisotopic (exact) mass is 671 g/mol. The molecule has 11 heteroatoms. The van der Waals surface area contributed by atoms with Crippen LogP contribution in [0.15, 0.2) is 6.20 Å². The number of hydrogen-bond donors (Lipinski definition) is 1. The van der Waals surface area contributed by atoms with Gasteiger partial charge in [0.25, 0.3) is 0 Å². The summed E-state index contributed by atoms with van der Waals surface area (Å²) in [5, 5.41) is 3.40. The van der Waals surface area contributed by atoms with Crippen LogP contribution >= 0.6 is 0 Å². The van der Waals surface area contributed by atoms with Gasteiger partial charge in [-0.05, 0) is 76.0 Å². The Labute approximate surface area is 288 Å². The van der Waals surface area contributed by atoms with E-state index in [9.17, 15) is 14.4 Å². The minimum atomic E-state index is -0.662. The number of ether oxygens (including phenoxy) is 3. The standard InChI is InChI=1S/C37H61N5O6/c1-25(2)18-27-20-37(27,21-30(43)29-22-39-33(35(3,4)5)40-31(29)38-12-10-15-46-9)28-19-26(32(44)41-13-11-16-47-17-14-41)23-42(24-28)34(45)48-36(6,7)8/h22,25-28H,10-21,23-24H2,1-9H3,(H,38,39,40)/t26-,27?,28?,37?/m1/s1. The summed E-state index contributed by atoms with van der Waals surface area (Å²) >= 11 is 0. The second-order valence-electron chi connectivity index (χ2n) is 16.6. The van der Waals surface area contributed by atoms with E-state index in [1.807, 2.05) is 25.7 Å². The third kappa shape index (κ3) is 9.89. The molecule has 0 aromatic carbocycles. The number of nitrogens with one attached hydrogen (secondary N) is 1. The summed E-state index contributed by atoms with van der Waals surface area (Å²) < 4.78 is 16.7. The fourth-order valence-electron chi connectivity index (χ4n) is 7.44. The number of Topliss-reactive ketones (excluding diaryl/α,β-unsaturated/α-hetero) is 1. The number of aromatic nitrogens is 2. The van der Waals surface area contributed by atoms with Crippen molar-refractivity contribution in [3.05, 3.63) is 17.6 Å². The van der Waals surface area contributed by atoms with Crippen molar-refractivity contribution in [3.8, 4) is 0 Å². The lowest BCUT2D eigenvalue weighted by atomic mass is 9.73. The van der Waals surface area contributed by atoms with E-state index < -0.39 is 11.7 Å². The number of methoxy groups -OCH3 is 1. The van der Waals surface area contributed by atoms with Gasteiger partial charge in [-0.2, -0.15) is 0 Å². The van der Waals surface area contributed by atoms with Crippen molar-refractivity contribution in [2.45, 2.75) is 105 Å². The number of rotatable bonds is 12. The van der Waals surface area contributed by atoms with Crippen LogP contribution in [0.2, 0.25) is 0 Å². The number of carbonyl (C=O) groups excluding carboxylic acids is 3. The predicted molar refractivity (Wildman–Crippen MR) is 186 cm³/mol. The van der Waals surface area contributed by atoms with Crippen molar-refractivity contribution >= 4 is 23.6 Å². The van der Waals surface area contributed by atoms with Crippen LogP contribution < -0.4 is 5.32 Å². The van der Waals surface area contributed by atoms with Gasteiger partial charge in [0.05, 0.1) is 18.1 Å². The average Bonchev–Trinajstić information content (AvgIpc) is 3.76. The van der Waals surface area contributed by atoms with Crippen molar-refractivity contribution in [1.29, 1.82) is 0 Å². The first-order chi connectivity index (χ1) is 22.5. The molecule has 2 aliphatic heterocycles. The number of nitrogens with zero attached hydrogens (tertiary/aromatic N) is 4. The number of hydrogen-bond acceptors (Lipinski definition) is 9. The molecule has 0 radical (unpaired) electrons. The second-order valence-corrected chi connectivity index (χ2v) is 16.6. The molecular weight excluding hydrogens is 610 g/mol. The zero-order chi connectivity index (χ0) is 35.3. The van der Waals surface area contributed by atoms with E-state index in [4.69, 9.17) is 19.2 Å². The first-order valence-corrected chi connectivity index (χ1v) is 18.0. The van der Waals surface area contributed by atoms with Crippen LogP contribution in [0.3, 0.4) is 0 Å². The Morgan fingerprint density at radius 2 is 1.83 bits per heavy atom. The maximum absolute atomic E-state index is 14.4. The maximum atomic E-state index is 14.4. The summed E-state index contributed by atoms with van der Waals surface area (Å²) in [5.74, 6) is 1.67. The predicted octanol–water partition coefficient (Wildman–Crippen LogP) is 5.97. The molecule has 4 atom stereocenters. The smallest absolute Gasteiger partial charge is 0.410 e. The largest absolute Gasteiger partial charge is 0.444 e. The highest BCUT2D eigenvalue weighted by atomic mass is 16.6. The van der Waals surface area contributed by atoms with E-state index in [-0.39, 0.29) is 34.4 Å². The number of ketones is 1. The molecule has 0 bridgehead atoms. The Bertz CT molecular complexity index is 1270. The first-order valence-electron chi connectivity index (χ1n) is 18.0. The fraction of sp³-hybridized carbons (Fsp3) is 0.811. The van der Waals surface area contributed by atoms with E-state index in [2.05, 4.69) is 44.9 Å². The average molecular weight is 672 g/mol. The van der Waals surface area contributed by atoms with Gasteiger partial charge in [0.2, 0.25) is 5.91 Å². The molecule has 270 valence electrons. The number of likely N-dealkylation sites (tertiary alicyclic amines) is 1. The van der Waals surface area contributed by atoms with Gasteiger partial charge < -0.3 is 29.3 Å². The molecule has 1 aliphatic carbocycles. The molecule has 3 aliphatic rings. The summed E-state index contributed by atoms with van der Waals surface area (Å²) in [6.07, 6.45) is 5.69. The Morgan fingerprint density at radius 3 is 2.50 bits per heavy atom. The normalized spacial score (nSPS) is 25.1. The molecule has 2 amide bonds. The molecule has 1 aromatic heterocycles. The molecular formula is C37H61N5O6. The van der Waals surface area contributed by atoms with Crippen molar-refractivity contribution < 1.29 is 28.6 Å². The number of amides is 2. The Kier molecular flexibility index (Phi) is 12.5. The zero-order valence-electron chi connectivity index (χ0n) is 31.0. The van der Waals surface area contributed by atoms with Crippen LogP contribution in [0, 0.1) is 29.1 Å². The lowest BCUT2D eigenvalue weighted by molar-refractivity contribution is -0.138. The number of carbonyl (C=O) groups is 3. The number of piperidine rings is 1. The van der Waals surface area contributed by atoms with Gasteiger partial charge in [0.1, 0.15) is 17.2 Å². The third-order valence-electron chi connectivity index (χ3n) is 9.90. The highest BCUT2D eigenvalue weighted by Gasteiger charge is 2.61. The molecule has 1 N–H and O–H groups in total. The minimum absolute atomic E-state index is 0.00195. The van der Waals surface area contributed by atoms with E-state index in [1.165, 1.54) is 0 Å². The van der Waals surface area contributed by atoms with E-state index in [0.717, 1.165) is 25.7 Å². The van der Waals surface area contributed by atoms with Gasteiger partial charge in [-0.25, -0.2) is 14.8 Å². The minimum Gasteiger partial charge on any atom is -0.444 e. The van der Waals surface area contributed by atoms with Crippen LogP contribution in [-0.2, 0) is 24.4 Å². The summed E-state index contributed by atoms with van der Waals surface area (Å²) in [6.45, 7) is 20.6. The fourth-order valence-corrected chi connectivity index (χ4v) is 7.44. The lowest BCUT2D eigenvalue weighted by Crippen LogP contribution is -2.52. The van der Waals surface area contributed by atoms with Crippen LogP contribution in [0.5, 0.6) is 0 Å². The van der Waals surface area contributed by atoms with Gasteiger partial charge >= 0.3 is 6.09 Å². The van der Waals surface area contributed by atoms with Gasteiger partial charge in [-0.15, -0.1) is 0 Å². The molecule has 2 saturated heterocycles. The van der Waals surface area contributed by atoms with Gasteiger partial charge in [-0.1, -0.05) is 34.6 Å². The summed E-state index contributed by atoms with van der Waals surface area (Å²) in [7, 11) is 1.68. The zero-order valence-corrected chi connectivity index (χ0v) is 31.0. The van der Waals surface area contributed by atoms with Crippen molar-refractivity contribution in [2.75, 3.05) is 65.0 Å². The van der Waals surface area contributed by atoms with E-state index in [0.29, 0.717) is 94.4 Å². The highest BCUT2D eigenvalue weighted by Crippen LogP contribution is 2.65. The maximum Gasteiger partial charge on any atom is 0.410 e. The first kappa shape index (κ1) is 38.0. The Hall–Kier alpha value is -2.79. The SMILES string of the molecule is COCCCNc1nc(C(C)(C)C)ncc1C(=O)CC1(C2C[C@@H](C(=O)N3CCCOCC3)CN(C(=O)OC(C)(C)C)C2)CC1CC(C)C. The molecule has 3 heterocycles. The molecule has 3 fully saturated rings. The molecule has 3 unspecified atom stereocenters. The Balaban J connectivity index is 1.66. The molecule has 0 spiro atoms. The van der Waals surface area contributed by atoms with E-state index >= 15 is 0 Å². The van der Waals surface area contributed by atoms with Crippen LogP contribution in [0.1, 0.15) is 110 Å². The number of anilines is 1. The highest BCUT2D eigenvalue weighted by molar-refractivity contribution is 6.00. The van der Waals surface area contributed by atoms with Gasteiger partial charge in [0.15, 0.2) is 5.78 Å². The van der Waals surface area contributed by atoms with Gasteiger partial charge in [0, 0.05) is 71.1 Å². The third-order valence-corrected chi connectivity index (χ3v) is 9.90. The van der Waals surface area contributed by atoms with Crippen molar-refractivity contribution in [1.82, 2.24) is 19.8 Å². The second kappa shape index (κ2) is 15.8. The summed E-state index contributed by atoms with van der Waals surface area (Å²) in [5.41, 5.74) is -0.783. The Morgan fingerprint density at radius 1 is 1.08 bits per heavy atom. The van der Waals surface area contributed by atoms with Crippen LogP contribution in [0.4, 0.5) is 10.6 Å². The molecule has 4 rings (SSSR count). The van der Waals surface area contributed by atoms with Crippen molar-refractivity contribution in [2.24, 2.45) is 29.1 Å². The lowest BCUT2D eigenvalue weighted by Gasteiger charge is -2.42. The van der Waals surface area contributed by atoms with Crippen molar-refractivity contribution in [3.63, 3.8) is 0 Å². The topological polar surface area (TPSA) is 123 Å². The summed E-state index contributed by atoms with van der Waals surface area (Å²) in [4.78, 5) is 55.2.